The molecule has 0 aromatic rings. The fraction of sp³-hybridized carbons (Fsp3) is 0.889. The first kappa shape index (κ1) is 12.3. The van der Waals surface area contributed by atoms with Gasteiger partial charge in [-0.3, -0.25) is 4.90 Å². The normalized spacial score (nSPS) is 18.9. The SMILES string of the molecule is N#CCCN(CC(O)C(F)(F)F)C1CC1. The second-order valence-electron chi connectivity index (χ2n) is 3.69. The summed E-state index contributed by atoms with van der Waals surface area (Å²) in [6.45, 7) is -0.121. The third-order valence-corrected chi connectivity index (χ3v) is 2.36. The van der Waals surface area contributed by atoms with Crippen molar-refractivity contribution in [3.8, 4) is 6.07 Å². The third-order valence-electron chi connectivity index (χ3n) is 2.36. The molecule has 0 saturated heterocycles. The highest BCUT2D eigenvalue weighted by molar-refractivity contribution is 4.88. The van der Waals surface area contributed by atoms with Gasteiger partial charge in [0, 0.05) is 25.6 Å². The van der Waals surface area contributed by atoms with Crippen LogP contribution >= 0.6 is 0 Å². The minimum absolute atomic E-state index is 0.121. The molecule has 0 radical (unpaired) electrons. The van der Waals surface area contributed by atoms with Crippen molar-refractivity contribution in [1.29, 1.82) is 5.26 Å². The fourth-order valence-corrected chi connectivity index (χ4v) is 1.38. The summed E-state index contributed by atoms with van der Waals surface area (Å²) < 4.78 is 36.2. The smallest absolute Gasteiger partial charge is 0.382 e. The topological polar surface area (TPSA) is 47.3 Å². The molecule has 6 heteroatoms. The van der Waals surface area contributed by atoms with E-state index in [-0.39, 0.29) is 12.5 Å². The van der Waals surface area contributed by atoms with Crippen molar-refractivity contribution in [1.82, 2.24) is 4.90 Å². The van der Waals surface area contributed by atoms with Crippen LogP contribution in [-0.2, 0) is 0 Å². The number of aliphatic hydroxyl groups is 1. The number of hydrogen-bond acceptors (Lipinski definition) is 3. The first-order chi connectivity index (χ1) is 6.95. The van der Waals surface area contributed by atoms with E-state index in [0.29, 0.717) is 6.54 Å². The van der Waals surface area contributed by atoms with Crippen molar-refractivity contribution < 1.29 is 18.3 Å². The molecule has 86 valence electrons. The molecule has 0 amide bonds. The average molecular weight is 222 g/mol. The standard InChI is InChI=1S/C9H13F3N2O/c10-9(11,12)8(15)6-14(5-1-4-13)7-2-3-7/h7-8,15H,1-3,5-6H2. The Hall–Kier alpha value is -0.800. The van der Waals surface area contributed by atoms with Gasteiger partial charge in [-0.2, -0.15) is 18.4 Å². The summed E-state index contributed by atoms with van der Waals surface area (Å²) >= 11 is 0. The maximum Gasteiger partial charge on any atom is 0.415 e. The molecule has 0 bridgehead atoms. The lowest BCUT2D eigenvalue weighted by Gasteiger charge is -2.25. The second-order valence-corrected chi connectivity index (χ2v) is 3.69. The number of alkyl halides is 3. The molecule has 1 N–H and O–H groups in total. The van der Waals surface area contributed by atoms with Crippen LogP contribution in [0.1, 0.15) is 19.3 Å². The summed E-state index contributed by atoms with van der Waals surface area (Å²) in [5.74, 6) is 0. The highest BCUT2D eigenvalue weighted by Gasteiger charge is 2.41. The van der Waals surface area contributed by atoms with Gasteiger partial charge in [0.15, 0.2) is 6.10 Å². The van der Waals surface area contributed by atoms with Crippen molar-refractivity contribution in [2.45, 2.75) is 37.6 Å². The van der Waals surface area contributed by atoms with Gasteiger partial charge in [-0.05, 0) is 12.8 Å². The second kappa shape index (κ2) is 4.81. The number of hydrogen-bond donors (Lipinski definition) is 1. The van der Waals surface area contributed by atoms with E-state index in [1.807, 2.05) is 6.07 Å². The predicted octanol–water partition coefficient (Wildman–Crippen LogP) is 1.29. The molecule has 0 aromatic heterocycles. The molecule has 3 nitrogen and oxygen atoms in total. The molecule has 0 aliphatic heterocycles. The number of rotatable bonds is 5. The van der Waals surface area contributed by atoms with E-state index in [4.69, 9.17) is 10.4 Å². The van der Waals surface area contributed by atoms with Crippen molar-refractivity contribution in [3.05, 3.63) is 0 Å². The molecular weight excluding hydrogens is 209 g/mol. The minimum Gasteiger partial charge on any atom is -0.382 e. The maximum absolute atomic E-state index is 12.1. The van der Waals surface area contributed by atoms with E-state index in [2.05, 4.69) is 0 Å². The highest BCUT2D eigenvalue weighted by atomic mass is 19.4. The Labute approximate surface area is 86.1 Å². The van der Waals surface area contributed by atoms with E-state index in [1.54, 1.807) is 4.90 Å². The van der Waals surface area contributed by atoms with Crippen molar-refractivity contribution >= 4 is 0 Å². The average Bonchev–Trinajstić information content (AvgIpc) is 2.93. The molecule has 0 aromatic carbocycles. The predicted molar refractivity (Wildman–Crippen MR) is 46.9 cm³/mol. The van der Waals surface area contributed by atoms with Gasteiger partial charge in [0.25, 0.3) is 0 Å². The Morgan fingerprint density at radius 2 is 2.07 bits per heavy atom. The minimum atomic E-state index is -4.57. The Morgan fingerprint density at radius 1 is 1.47 bits per heavy atom. The highest BCUT2D eigenvalue weighted by Crippen LogP contribution is 2.29. The molecule has 1 saturated carbocycles. The summed E-state index contributed by atoms with van der Waals surface area (Å²) in [4.78, 5) is 1.54. The zero-order valence-corrected chi connectivity index (χ0v) is 8.17. The molecular formula is C9H13F3N2O. The van der Waals surface area contributed by atoms with Crippen LogP contribution in [0.15, 0.2) is 0 Å². The van der Waals surface area contributed by atoms with Crippen LogP contribution in [0.5, 0.6) is 0 Å². The number of nitriles is 1. The van der Waals surface area contributed by atoms with Gasteiger partial charge in [0.05, 0.1) is 6.07 Å². The Bertz CT molecular complexity index is 245. The summed E-state index contributed by atoms with van der Waals surface area (Å²) in [6.07, 6.45) is -4.97. The Morgan fingerprint density at radius 3 is 2.47 bits per heavy atom. The van der Waals surface area contributed by atoms with Crippen LogP contribution in [0.2, 0.25) is 0 Å². The molecule has 0 spiro atoms. The lowest BCUT2D eigenvalue weighted by molar-refractivity contribution is -0.208. The van der Waals surface area contributed by atoms with Crippen molar-refractivity contribution in [2.24, 2.45) is 0 Å². The molecule has 1 aliphatic carbocycles. The summed E-state index contributed by atoms with van der Waals surface area (Å²) in [7, 11) is 0. The van der Waals surface area contributed by atoms with E-state index in [0.717, 1.165) is 12.8 Å². The van der Waals surface area contributed by atoms with Gasteiger partial charge >= 0.3 is 6.18 Å². The van der Waals surface area contributed by atoms with Crippen LogP contribution in [0.3, 0.4) is 0 Å². The van der Waals surface area contributed by atoms with Gasteiger partial charge in [0.2, 0.25) is 0 Å². The third kappa shape index (κ3) is 4.06. The molecule has 1 fully saturated rings. The molecule has 0 heterocycles. The van der Waals surface area contributed by atoms with Gasteiger partial charge in [-0.25, -0.2) is 0 Å². The van der Waals surface area contributed by atoms with Crippen LogP contribution in [0.4, 0.5) is 13.2 Å². The first-order valence-corrected chi connectivity index (χ1v) is 4.81. The fourth-order valence-electron chi connectivity index (χ4n) is 1.38. The molecule has 1 rings (SSSR count). The van der Waals surface area contributed by atoms with Crippen LogP contribution < -0.4 is 0 Å². The monoisotopic (exact) mass is 222 g/mol. The van der Waals surface area contributed by atoms with Gasteiger partial charge < -0.3 is 5.11 Å². The zero-order valence-electron chi connectivity index (χ0n) is 8.17. The number of halogens is 3. The van der Waals surface area contributed by atoms with E-state index < -0.39 is 18.8 Å². The van der Waals surface area contributed by atoms with Gasteiger partial charge in [-0.1, -0.05) is 0 Å². The number of nitrogens with zero attached hydrogens (tertiary/aromatic N) is 2. The lowest BCUT2D eigenvalue weighted by atomic mass is 10.3. The zero-order chi connectivity index (χ0) is 11.5. The van der Waals surface area contributed by atoms with Crippen molar-refractivity contribution in [2.75, 3.05) is 13.1 Å². The molecule has 15 heavy (non-hydrogen) atoms. The van der Waals surface area contributed by atoms with Gasteiger partial charge in [-0.15, -0.1) is 0 Å². The van der Waals surface area contributed by atoms with Crippen LogP contribution in [0.25, 0.3) is 0 Å². The Balaban J connectivity index is 2.40. The molecule has 1 unspecified atom stereocenters. The quantitative estimate of drug-likeness (QED) is 0.762. The Kier molecular flexibility index (Phi) is 3.94. The first-order valence-electron chi connectivity index (χ1n) is 4.81. The summed E-state index contributed by atoms with van der Waals surface area (Å²) in [5.41, 5.74) is 0. The molecule has 1 aliphatic rings. The summed E-state index contributed by atoms with van der Waals surface area (Å²) in [6, 6.07) is 2.01. The van der Waals surface area contributed by atoms with E-state index in [1.165, 1.54) is 0 Å². The van der Waals surface area contributed by atoms with E-state index >= 15 is 0 Å². The maximum atomic E-state index is 12.1. The summed E-state index contributed by atoms with van der Waals surface area (Å²) in [5, 5.41) is 17.2. The number of aliphatic hydroxyl groups excluding tert-OH is 1. The van der Waals surface area contributed by atoms with Crippen LogP contribution in [0, 0.1) is 11.3 Å². The lowest BCUT2D eigenvalue weighted by Crippen LogP contribution is -2.42. The van der Waals surface area contributed by atoms with Gasteiger partial charge in [0.1, 0.15) is 0 Å². The molecule has 1 atom stereocenters. The largest absolute Gasteiger partial charge is 0.415 e. The van der Waals surface area contributed by atoms with Crippen molar-refractivity contribution in [3.63, 3.8) is 0 Å². The van der Waals surface area contributed by atoms with E-state index in [9.17, 15) is 13.2 Å². The van der Waals surface area contributed by atoms with Crippen LogP contribution in [-0.4, -0.2) is 41.4 Å².